The highest BCUT2D eigenvalue weighted by atomic mass is 19.1. The lowest BCUT2D eigenvalue weighted by atomic mass is 9.84. The van der Waals surface area contributed by atoms with Crippen molar-refractivity contribution in [3.05, 3.63) is 59.9 Å². The molecular formula is C49H64FN7O8. The summed E-state index contributed by atoms with van der Waals surface area (Å²) in [6.07, 6.45) is 5.51. The van der Waals surface area contributed by atoms with E-state index in [0.717, 1.165) is 51.8 Å². The largest absolute Gasteiger partial charge is 0.464 e. The van der Waals surface area contributed by atoms with Gasteiger partial charge in [0.25, 0.3) is 5.91 Å². The third-order valence-corrected chi connectivity index (χ3v) is 14.5. The van der Waals surface area contributed by atoms with E-state index in [0.29, 0.717) is 64.4 Å². The predicted octanol–water partition coefficient (Wildman–Crippen LogP) is 6.35. The summed E-state index contributed by atoms with van der Waals surface area (Å²) in [5.41, 5.74) is 8.63. The summed E-state index contributed by atoms with van der Waals surface area (Å²) in [7, 11) is 1.68. The molecule has 3 saturated heterocycles. The maximum Gasteiger partial charge on any atom is 0.324 e. The van der Waals surface area contributed by atoms with Crippen LogP contribution in [-0.2, 0) is 46.3 Å². The molecule has 1 aromatic carbocycles. The summed E-state index contributed by atoms with van der Waals surface area (Å²) in [4.78, 5) is 54.7. The van der Waals surface area contributed by atoms with Crippen LogP contribution in [0.25, 0.3) is 33.4 Å². The number of nitrogens with one attached hydrogen (secondary N) is 2. The fraction of sp³-hybridized carbons (Fsp3) is 0.612. The Balaban J connectivity index is 1.20. The molecule has 16 heteroatoms. The molecule has 0 spiro atoms. The molecule has 4 fully saturated rings. The summed E-state index contributed by atoms with van der Waals surface area (Å²) < 4.78 is 48.0. The first-order chi connectivity index (χ1) is 31.3. The van der Waals surface area contributed by atoms with Crippen molar-refractivity contribution in [2.24, 2.45) is 23.2 Å². The molecule has 5 aliphatic rings. The number of cyclic esters (lactones) is 1. The highest BCUT2D eigenvalue weighted by molar-refractivity contribution is 5.95. The number of ether oxygens (including phenoxy) is 4. The normalized spacial score (nSPS) is 28.2. The van der Waals surface area contributed by atoms with Crippen LogP contribution < -0.4 is 10.7 Å². The zero-order valence-corrected chi connectivity index (χ0v) is 38.5. The number of hydrogen-bond acceptors (Lipinski definition) is 12. The van der Waals surface area contributed by atoms with Crippen molar-refractivity contribution in [1.82, 2.24) is 35.2 Å². The van der Waals surface area contributed by atoms with Crippen molar-refractivity contribution in [1.29, 1.82) is 0 Å². The highest BCUT2D eigenvalue weighted by Gasteiger charge is 2.51. The molecule has 350 valence electrons. The number of methoxy groups -OCH3 is 1. The van der Waals surface area contributed by atoms with E-state index in [4.69, 9.17) is 33.3 Å². The van der Waals surface area contributed by atoms with Crippen molar-refractivity contribution in [3.63, 3.8) is 0 Å². The number of carbonyl (C=O) groups excluding carboxylic acids is 3. The van der Waals surface area contributed by atoms with Gasteiger partial charge in [0.05, 0.1) is 36.8 Å². The van der Waals surface area contributed by atoms with Gasteiger partial charge in [-0.15, -0.1) is 0 Å². The van der Waals surface area contributed by atoms with E-state index in [1.54, 1.807) is 19.6 Å². The number of aromatic nitrogens is 3. The van der Waals surface area contributed by atoms with E-state index in [1.807, 2.05) is 37.8 Å². The number of hydrogen-bond donors (Lipinski definition) is 2. The van der Waals surface area contributed by atoms with E-state index in [9.17, 15) is 14.4 Å². The van der Waals surface area contributed by atoms with Gasteiger partial charge in [0.2, 0.25) is 11.8 Å². The van der Waals surface area contributed by atoms with Gasteiger partial charge in [-0.05, 0) is 87.1 Å². The first-order valence-corrected chi connectivity index (χ1v) is 23.5. The number of alkyl halides is 1. The average molecular weight is 898 g/mol. The van der Waals surface area contributed by atoms with Crippen LogP contribution in [-0.4, -0.2) is 120 Å². The van der Waals surface area contributed by atoms with Gasteiger partial charge in [-0.2, -0.15) is 0 Å². The van der Waals surface area contributed by atoms with Gasteiger partial charge < -0.3 is 33.2 Å². The van der Waals surface area contributed by atoms with Crippen molar-refractivity contribution in [3.8, 4) is 22.5 Å². The summed E-state index contributed by atoms with van der Waals surface area (Å²) >= 11 is 0. The molecule has 8 atom stereocenters. The number of esters is 1. The van der Waals surface area contributed by atoms with E-state index in [-0.39, 0.29) is 61.3 Å². The number of carbonyl (C=O) groups is 3. The number of likely N-dealkylation sites (tertiary alicyclic amines) is 1. The number of amides is 2. The third kappa shape index (κ3) is 9.34. The summed E-state index contributed by atoms with van der Waals surface area (Å²) in [5.74, 6) is -0.945. The van der Waals surface area contributed by atoms with E-state index >= 15 is 4.39 Å². The zero-order valence-electron chi connectivity index (χ0n) is 38.5. The maximum absolute atomic E-state index is 15.2. The molecule has 15 nitrogen and oxygen atoms in total. The molecule has 6 bridgehead atoms. The lowest BCUT2D eigenvalue weighted by Gasteiger charge is -2.38. The SMILES string of the molecule is CO[C@@H](C)c1ncccc1-c1c2c3cc(ccc3n1CCOC1CCOCC1)-c1coc(n1)[C@@H](N1CC[C@@H](F)C1)[C@H](NC(=O)C1[C@@H](C)[C@H]1C)C(=O)N1CCC[C@H](N1)C(=O)OCC(C)(C)C2. The van der Waals surface area contributed by atoms with Crippen molar-refractivity contribution in [2.75, 3.05) is 53.2 Å². The number of fused-ring (bicyclic) bond motifs is 6. The van der Waals surface area contributed by atoms with Crippen LogP contribution in [0.15, 0.2) is 47.2 Å². The van der Waals surface area contributed by atoms with E-state index < -0.39 is 41.6 Å². The van der Waals surface area contributed by atoms with Gasteiger partial charge in [0.15, 0.2) is 0 Å². The van der Waals surface area contributed by atoms with Gasteiger partial charge in [-0.1, -0.05) is 33.8 Å². The van der Waals surface area contributed by atoms with Crippen LogP contribution in [0, 0.1) is 23.2 Å². The summed E-state index contributed by atoms with van der Waals surface area (Å²) in [6.45, 7) is 13.4. The Hall–Kier alpha value is -4.74. The van der Waals surface area contributed by atoms with Crippen LogP contribution in [0.4, 0.5) is 4.39 Å². The predicted molar refractivity (Wildman–Crippen MR) is 240 cm³/mol. The van der Waals surface area contributed by atoms with E-state index in [1.165, 1.54) is 5.01 Å². The van der Waals surface area contributed by atoms with Gasteiger partial charge in [-0.25, -0.2) is 14.8 Å². The third-order valence-electron chi connectivity index (χ3n) is 14.5. The lowest BCUT2D eigenvalue weighted by molar-refractivity contribution is -0.156. The minimum absolute atomic E-state index is 0.0400. The minimum Gasteiger partial charge on any atom is -0.464 e. The molecule has 65 heavy (non-hydrogen) atoms. The number of pyridine rings is 1. The number of oxazole rings is 1. The molecular weight excluding hydrogens is 834 g/mol. The molecule has 3 aromatic heterocycles. The fourth-order valence-electron chi connectivity index (χ4n) is 10.4. The van der Waals surface area contributed by atoms with Crippen LogP contribution in [0.3, 0.4) is 0 Å². The second-order valence-electron chi connectivity index (χ2n) is 19.6. The smallest absolute Gasteiger partial charge is 0.324 e. The van der Waals surface area contributed by atoms with Gasteiger partial charge in [0.1, 0.15) is 36.3 Å². The Labute approximate surface area is 380 Å². The molecule has 4 aromatic rings. The number of benzene rings is 1. The maximum atomic E-state index is 15.2. The molecule has 1 unspecified atom stereocenters. The van der Waals surface area contributed by atoms with Gasteiger partial charge >= 0.3 is 5.97 Å². The second-order valence-corrected chi connectivity index (χ2v) is 19.6. The van der Waals surface area contributed by atoms with Gasteiger partial charge in [-0.3, -0.25) is 29.3 Å². The van der Waals surface area contributed by atoms with Crippen LogP contribution >= 0.6 is 0 Å². The number of rotatable bonds is 10. The molecule has 0 radical (unpaired) electrons. The Morgan fingerprint density at radius 2 is 1.89 bits per heavy atom. The monoisotopic (exact) mass is 897 g/mol. The van der Waals surface area contributed by atoms with Gasteiger partial charge in [0, 0.05) is 86.1 Å². The first-order valence-electron chi connectivity index (χ1n) is 23.5. The van der Waals surface area contributed by atoms with Crippen molar-refractivity contribution in [2.45, 2.75) is 116 Å². The molecule has 9 rings (SSSR count). The standard InChI is InChI=1S/C49H64FN7O8/c1-28-29(2)40(28)45(58)53-42-44(55-18-13-32(50)25-55)46-52-38(26-64-46)31-11-12-39-35(23-31)36(24-49(4,5)27-65-48(60)37-10-8-17-57(54-37)47(42)59)43(34-9-7-16-51-41(34)30(3)61-6)56(39)19-22-63-33-14-20-62-21-15-33/h7,9,11-12,16,23,26,28-30,32-33,37,40,42,44,54H,8,10,13-15,17-22,24-25,27H2,1-6H3,(H,53,58)/t28-,29+,30-,32+,37-,40?,42-,44-/m0/s1. The average Bonchev–Trinajstić information content (AvgIpc) is 3.73. The van der Waals surface area contributed by atoms with Crippen molar-refractivity contribution >= 4 is 28.7 Å². The molecule has 4 aliphatic heterocycles. The number of nitrogens with zero attached hydrogens (tertiary/aromatic N) is 5. The Kier molecular flexibility index (Phi) is 13.2. The first kappa shape index (κ1) is 45.4. The van der Waals surface area contributed by atoms with Crippen molar-refractivity contribution < 1.29 is 42.1 Å². The zero-order chi connectivity index (χ0) is 45.6. The summed E-state index contributed by atoms with van der Waals surface area (Å²) in [5, 5.41) is 5.48. The van der Waals surface area contributed by atoms with E-state index in [2.05, 4.69) is 47.4 Å². The second kappa shape index (κ2) is 18.9. The van der Waals surface area contributed by atoms with Crippen LogP contribution in [0.2, 0.25) is 0 Å². The molecule has 1 saturated carbocycles. The minimum atomic E-state index is -1.20. The number of hydrazine groups is 1. The highest BCUT2D eigenvalue weighted by Crippen LogP contribution is 2.46. The summed E-state index contributed by atoms with van der Waals surface area (Å²) in [6, 6.07) is 7.32. The Morgan fingerprint density at radius 3 is 2.63 bits per heavy atom. The fourth-order valence-corrected chi connectivity index (χ4v) is 10.4. The van der Waals surface area contributed by atoms with Crippen LogP contribution in [0.5, 0.6) is 0 Å². The molecule has 1 aliphatic carbocycles. The topological polar surface area (TPSA) is 163 Å². The quantitative estimate of drug-likeness (QED) is 0.170. The molecule has 7 heterocycles. The van der Waals surface area contributed by atoms with Crippen LogP contribution in [0.1, 0.15) is 96.0 Å². The number of halogens is 1. The molecule has 2 N–H and O–H groups in total. The Bertz CT molecular complexity index is 2370. The lowest BCUT2D eigenvalue weighted by Crippen LogP contribution is -2.62. The Morgan fingerprint density at radius 1 is 1.09 bits per heavy atom. The molecule has 2 amide bonds.